The van der Waals surface area contributed by atoms with E-state index in [1.807, 2.05) is 0 Å². The summed E-state index contributed by atoms with van der Waals surface area (Å²) in [5.41, 5.74) is 5.39. The van der Waals surface area contributed by atoms with E-state index in [4.69, 9.17) is 11.1 Å². The fraction of sp³-hybridized carbons (Fsp3) is 0.909. The van der Waals surface area contributed by atoms with E-state index in [-0.39, 0.29) is 0 Å². The van der Waals surface area contributed by atoms with Gasteiger partial charge in [-0.1, -0.05) is 0 Å². The van der Waals surface area contributed by atoms with E-state index in [0.717, 1.165) is 58.5 Å². The molecule has 102 valence electrons. The van der Waals surface area contributed by atoms with Gasteiger partial charge in [0.15, 0.2) is 5.96 Å². The largest absolute Gasteiger partial charge is 0.360 e. The molecule has 0 aromatic rings. The first-order chi connectivity index (χ1) is 8.31. The summed E-state index contributed by atoms with van der Waals surface area (Å²) in [6.07, 6.45) is 3.23. The van der Waals surface area contributed by atoms with Crippen LogP contribution < -0.4 is 27.0 Å². The van der Waals surface area contributed by atoms with Crippen molar-refractivity contribution in [2.24, 2.45) is 5.73 Å². The van der Waals surface area contributed by atoms with Gasteiger partial charge in [-0.15, -0.1) is 0 Å². The number of nitrogens with two attached hydrogens (primary N) is 1. The third-order valence-corrected chi connectivity index (χ3v) is 2.35. The lowest BCUT2D eigenvalue weighted by molar-refractivity contribution is 0.575. The zero-order valence-corrected chi connectivity index (χ0v) is 10.9. The van der Waals surface area contributed by atoms with Crippen LogP contribution in [0.4, 0.5) is 0 Å². The van der Waals surface area contributed by atoms with E-state index in [1.54, 1.807) is 7.05 Å². The maximum absolute atomic E-state index is 7.30. The van der Waals surface area contributed by atoms with Gasteiger partial charge in [0.2, 0.25) is 0 Å². The Labute approximate surface area is 105 Å². The highest BCUT2D eigenvalue weighted by atomic mass is 15.1. The lowest BCUT2D eigenvalue weighted by atomic mass is 10.3. The molecule has 0 aromatic carbocycles. The minimum absolute atomic E-state index is 0.383. The second-order valence-corrected chi connectivity index (χ2v) is 3.90. The molecule has 0 radical (unpaired) electrons. The van der Waals surface area contributed by atoms with Gasteiger partial charge in [0, 0.05) is 13.6 Å². The molecular weight excluding hydrogens is 216 g/mol. The van der Waals surface area contributed by atoms with E-state index in [0.29, 0.717) is 5.96 Å². The molecule has 0 aliphatic heterocycles. The fourth-order valence-corrected chi connectivity index (χ4v) is 1.33. The molecule has 0 saturated carbocycles. The Morgan fingerprint density at radius 3 is 2.00 bits per heavy atom. The predicted octanol–water partition coefficient (Wildman–Crippen LogP) is -0.962. The van der Waals surface area contributed by atoms with Crippen LogP contribution in [0.2, 0.25) is 0 Å². The normalized spacial score (nSPS) is 10.2. The van der Waals surface area contributed by atoms with Gasteiger partial charge in [0.05, 0.1) is 0 Å². The molecule has 0 unspecified atom stereocenters. The summed E-state index contributed by atoms with van der Waals surface area (Å²) in [5, 5.41) is 19.7. The molecule has 0 bridgehead atoms. The number of hydrogen-bond acceptors (Lipinski definition) is 4. The second-order valence-electron chi connectivity index (χ2n) is 3.90. The standard InChI is InChI=1S/C11H28N6/c1-14-11(13)17-10-4-9-16-8-3-7-15-6-2-5-12/h15-16H,2-10,12H2,1H3,(H3,13,14,17). The van der Waals surface area contributed by atoms with E-state index < -0.39 is 0 Å². The van der Waals surface area contributed by atoms with Crippen LogP contribution in [0.1, 0.15) is 19.3 Å². The van der Waals surface area contributed by atoms with Gasteiger partial charge >= 0.3 is 0 Å². The zero-order valence-electron chi connectivity index (χ0n) is 10.9. The van der Waals surface area contributed by atoms with Crippen LogP contribution in [0.25, 0.3) is 0 Å². The van der Waals surface area contributed by atoms with Crippen molar-refractivity contribution in [2.45, 2.75) is 19.3 Å². The van der Waals surface area contributed by atoms with Crippen LogP contribution in [-0.4, -0.2) is 52.3 Å². The average molecular weight is 244 g/mol. The molecule has 6 heteroatoms. The summed E-state index contributed by atoms with van der Waals surface area (Å²) in [5.74, 6) is 0.383. The van der Waals surface area contributed by atoms with Crippen LogP contribution in [0.15, 0.2) is 0 Å². The van der Waals surface area contributed by atoms with Crippen LogP contribution in [-0.2, 0) is 0 Å². The molecule has 0 amide bonds. The summed E-state index contributed by atoms with van der Waals surface area (Å²) in [6, 6.07) is 0. The quantitative estimate of drug-likeness (QED) is 0.160. The fourth-order valence-electron chi connectivity index (χ4n) is 1.33. The number of nitrogens with one attached hydrogen (secondary N) is 5. The number of guanidine groups is 1. The molecule has 0 fully saturated rings. The molecule has 0 aliphatic carbocycles. The molecule has 6 nitrogen and oxygen atoms in total. The highest BCUT2D eigenvalue weighted by Gasteiger charge is 1.91. The SMILES string of the molecule is CNC(=N)NCCCNCCCNCCCN. The maximum atomic E-state index is 7.30. The Morgan fingerprint density at radius 1 is 0.941 bits per heavy atom. The van der Waals surface area contributed by atoms with Crippen molar-refractivity contribution in [3.8, 4) is 0 Å². The molecule has 0 aromatic heterocycles. The van der Waals surface area contributed by atoms with E-state index >= 15 is 0 Å². The summed E-state index contributed by atoms with van der Waals surface area (Å²) >= 11 is 0. The Hall–Kier alpha value is -0.850. The molecule has 0 aliphatic rings. The van der Waals surface area contributed by atoms with Crippen molar-refractivity contribution in [1.82, 2.24) is 21.3 Å². The molecule has 0 saturated heterocycles. The molecule has 17 heavy (non-hydrogen) atoms. The average Bonchev–Trinajstić information content (AvgIpc) is 2.35. The topological polar surface area (TPSA) is 98.0 Å². The van der Waals surface area contributed by atoms with Gasteiger partial charge in [0.25, 0.3) is 0 Å². The van der Waals surface area contributed by atoms with Crippen molar-refractivity contribution in [3.05, 3.63) is 0 Å². The first kappa shape index (κ1) is 16.1. The first-order valence-electron chi connectivity index (χ1n) is 6.43. The lowest BCUT2D eigenvalue weighted by Crippen LogP contribution is -2.35. The highest BCUT2D eigenvalue weighted by molar-refractivity contribution is 5.75. The summed E-state index contributed by atoms with van der Waals surface area (Å²) < 4.78 is 0. The van der Waals surface area contributed by atoms with E-state index in [2.05, 4.69) is 21.3 Å². The molecular formula is C11H28N6. The van der Waals surface area contributed by atoms with Gasteiger partial charge < -0.3 is 27.0 Å². The maximum Gasteiger partial charge on any atom is 0.188 e. The molecule has 0 heterocycles. The first-order valence-corrected chi connectivity index (χ1v) is 6.43. The molecule has 0 spiro atoms. The van der Waals surface area contributed by atoms with Crippen LogP contribution in [0.5, 0.6) is 0 Å². The van der Waals surface area contributed by atoms with Crippen LogP contribution in [0, 0.1) is 5.41 Å². The van der Waals surface area contributed by atoms with Crippen molar-refractivity contribution in [1.29, 1.82) is 5.41 Å². The van der Waals surface area contributed by atoms with Gasteiger partial charge in [0.1, 0.15) is 0 Å². The van der Waals surface area contributed by atoms with Crippen LogP contribution in [0.3, 0.4) is 0 Å². The number of hydrogen-bond donors (Lipinski definition) is 6. The third kappa shape index (κ3) is 13.1. The minimum atomic E-state index is 0.383. The summed E-state index contributed by atoms with van der Waals surface area (Å²) in [7, 11) is 1.74. The van der Waals surface area contributed by atoms with Gasteiger partial charge in [-0.3, -0.25) is 5.41 Å². The third-order valence-electron chi connectivity index (χ3n) is 2.35. The molecule has 0 rings (SSSR count). The van der Waals surface area contributed by atoms with Crippen molar-refractivity contribution in [3.63, 3.8) is 0 Å². The van der Waals surface area contributed by atoms with E-state index in [9.17, 15) is 0 Å². The van der Waals surface area contributed by atoms with Gasteiger partial charge in [-0.05, 0) is 52.0 Å². The Bertz CT molecular complexity index is 173. The zero-order chi connectivity index (χ0) is 12.8. The Kier molecular flexibility index (Phi) is 12.6. The smallest absolute Gasteiger partial charge is 0.188 e. The minimum Gasteiger partial charge on any atom is -0.360 e. The second kappa shape index (κ2) is 13.2. The highest BCUT2D eigenvalue weighted by Crippen LogP contribution is 1.78. The van der Waals surface area contributed by atoms with Crippen molar-refractivity contribution in [2.75, 3.05) is 46.3 Å². The predicted molar refractivity (Wildman–Crippen MR) is 73.4 cm³/mol. The summed E-state index contributed by atoms with van der Waals surface area (Å²) in [6.45, 7) is 5.70. The Morgan fingerprint density at radius 2 is 1.47 bits per heavy atom. The molecule has 0 atom stereocenters. The lowest BCUT2D eigenvalue weighted by Gasteiger charge is -2.08. The number of rotatable bonds is 11. The molecule has 7 N–H and O–H groups in total. The summed E-state index contributed by atoms with van der Waals surface area (Å²) in [4.78, 5) is 0. The van der Waals surface area contributed by atoms with Crippen LogP contribution >= 0.6 is 0 Å². The van der Waals surface area contributed by atoms with E-state index in [1.165, 1.54) is 0 Å². The van der Waals surface area contributed by atoms with Gasteiger partial charge in [-0.25, -0.2) is 0 Å². The monoisotopic (exact) mass is 244 g/mol. The van der Waals surface area contributed by atoms with Crippen molar-refractivity contribution >= 4 is 5.96 Å². The van der Waals surface area contributed by atoms with Gasteiger partial charge in [-0.2, -0.15) is 0 Å². The van der Waals surface area contributed by atoms with Crippen molar-refractivity contribution < 1.29 is 0 Å². The Balaban J connectivity index is 2.96.